The molecule has 1 saturated heterocycles. The second kappa shape index (κ2) is 8.56. The molecule has 2 fully saturated rings. The minimum Gasteiger partial charge on any atom is -0.339 e. The van der Waals surface area contributed by atoms with Crippen LogP contribution in [0, 0.1) is 5.92 Å². The molecule has 0 bridgehead atoms. The summed E-state index contributed by atoms with van der Waals surface area (Å²) in [5, 5.41) is 3.00. The number of nitrogens with zero attached hydrogens (tertiary/aromatic N) is 2. The monoisotopic (exact) mass is 357 g/mol. The van der Waals surface area contributed by atoms with Crippen molar-refractivity contribution in [3.8, 4) is 0 Å². The minimum absolute atomic E-state index is 0.0735. The molecule has 26 heavy (non-hydrogen) atoms. The smallest absolute Gasteiger partial charge is 0.321 e. The minimum atomic E-state index is -0.0735. The summed E-state index contributed by atoms with van der Waals surface area (Å²) in [6.45, 7) is 6.79. The van der Waals surface area contributed by atoms with E-state index in [9.17, 15) is 9.59 Å². The first-order chi connectivity index (χ1) is 12.5. The van der Waals surface area contributed by atoms with Crippen molar-refractivity contribution >= 4 is 17.6 Å². The SMILES string of the molecule is CC(C)c1cccc(NC(=O)N2CCN(C(=O)C3CCCCC3)CC2)c1. The molecular weight excluding hydrogens is 326 g/mol. The van der Waals surface area contributed by atoms with Gasteiger partial charge in [-0.1, -0.05) is 45.2 Å². The van der Waals surface area contributed by atoms with Crippen molar-refractivity contribution in [3.63, 3.8) is 0 Å². The van der Waals surface area contributed by atoms with E-state index in [4.69, 9.17) is 0 Å². The van der Waals surface area contributed by atoms with Crippen LogP contribution in [0.15, 0.2) is 24.3 Å². The molecule has 0 spiro atoms. The van der Waals surface area contributed by atoms with E-state index in [0.29, 0.717) is 38.0 Å². The molecule has 1 aliphatic carbocycles. The fourth-order valence-corrected chi connectivity index (χ4v) is 3.92. The van der Waals surface area contributed by atoms with Gasteiger partial charge in [0, 0.05) is 37.8 Å². The lowest BCUT2D eigenvalue weighted by Gasteiger charge is -2.37. The highest BCUT2D eigenvalue weighted by Crippen LogP contribution is 2.26. The van der Waals surface area contributed by atoms with Gasteiger partial charge in [0.2, 0.25) is 5.91 Å². The Morgan fingerprint density at radius 1 is 1.00 bits per heavy atom. The van der Waals surface area contributed by atoms with Crippen LogP contribution in [0.1, 0.15) is 57.4 Å². The van der Waals surface area contributed by atoms with Crippen molar-refractivity contribution in [3.05, 3.63) is 29.8 Å². The van der Waals surface area contributed by atoms with Crippen LogP contribution in [0.5, 0.6) is 0 Å². The average Bonchev–Trinajstić information content (AvgIpc) is 2.68. The van der Waals surface area contributed by atoms with E-state index >= 15 is 0 Å². The summed E-state index contributed by atoms with van der Waals surface area (Å²) >= 11 is 0. The highest BCUT2D eigenvalue weighted by atomic mass is 16.2. The Balaban J connectivity index is 1.50. The van der Waals surface area contributed by atoms with Crippen molar-refractivity contribution in [2.24, 2.45) is 5.92 Å². The summed E-state index contributed by atoms with van der Waals surface area (Å²) in [5.74, 6) is 0.943. The van der Waals surface area contributed by atoms with Gasteiger partial charge >= 0.3 is 6.03 Å². The van der Waals surface area contributed by atoms with Gasteiger partial charge in [0.25, 0.3) is 0 Å². The molecule has 0 aromatic heterocycles. The lowest BCUT2D eigenvalue weighted by molar-refractivity contribution is -0.138. The van der Waals surface area contributed by atoms with E-state index in [1.165, 1.54) is 24.8 Å². The first-order valence-corrected chi connectivity index (χ1v) is 9.99. The molecule has 1 N–H and O–H groups in total. The first kappa shape index (κ1) is 18.7. The molecule has 3 rings (SSSR count). The number of carbonyl (C=O) groups excluding carboxylic acids is 2. The van der Waals surface area contributed by atoms with Gasteiger partial charge in [0.15, 0.2) is 0 Å². The quantitative estimate of drug-likeness (QED) is 0.887. The van der Waals surface area contributed by atoms with Crippen molar-refractivity contribution in [1.29, 1.82) is 0 Å². The molecule has 1 heterocycles. The zero-order chi connectivity index (χ0) is 18.5. The Hall–Kier alpha value is -2.04. The molecule has 1 aromatic rings. The van der Waals surface area contributed by atoms with Crippen molar-refractivity contribution in [2.45, 2.75) is 51.9 Å². The summed E-state index contributed by atoms with van der Waals surface area (Å²) in [6, 6.07) is 7.94. The topological polar surface area (TPSA) is 52.7 Å². The lowest BCUT2D eigenvalue weighted by atomic mass is 9.88. The largest absolute Gasteiger partial charge is 0.339 e. The first-order valence-electron chi connectivity index (χ1n) is 9.99. The summed E-state index contributed by atoms with van der Waals surface area (Å²) in [4.78, 5) is 28.9. The Bertz CT molecular complexity index is 630. The maximum absolute atomic E-state index is 12.6. The number of piperazine rings is 1. The van der Waals surface area contributed by atoms with Gasteiger partial charge in [-0.2, -0.15) is 0 Å². The molecule has 1 saturated carbocycles. The third kappa shape index (κ3) is 4.57. The van der Waals surface area contributed by atoms with Gasteiger partial charge in [-0.15, -0.1) is 0 Å². The molecule has 1 aliphatic heterocycles. The van der Waals surface area contributed by atoms with Crippen LogP contribution in [0.3, 0.4) is 0 Å². The Morgan fingerprint density at radius 3 is 2.31 bits per heavy atom. The second-order valence-corrected chi connectivity index (χ2v) is 7.86. The molecule has 0 radical (unpaired) electrons. The van der Waals surface area contributed by atoms with Crippen molar-refractivity contribution < 1.29 is 9.59 Å². The molecule has 2 aliphatic rings. The fraction of sp³-hybridized carbons (Fsp3) is 0.619. The Kier molecular flexibility index (Phi) is 6.17. The van der Waals surface area contributed by atoms with E-state index in [1.54, 1.807) is 0 Å². The molecular formula is C21H31N3O2. The summed E-state index contributed by atoms with van der Waals surface area (Å²) in [7, 11) is 0. The van der Waals surface area contributed by atoms with E-state index in [-0.39, 0.29) is 11.9 Å². The van der Waals surface area contributed by atoms with E-state index in [1.807, 2.05) is 28.0 Å². The van der Waals surface area contributed by atoms with Gasteiger partial charge < -0.3 is 15.1 Å². The van der Waals surface area contributed by atoms with E-state index in [0.717, 1.165) is 18.5 Å². The third-order valence-corrected chi connectivity index (χ3v) is 5.64. The molecule has 3 amide bonds. The van der Waals surface area contributed by atoms with Crippen LogP contribution < -0.4 is 5.32 Å². The fourth-order valence-electron chi connectivity index (χ4n) is 3.92. The van der Waals surface area contributed by atoms with Gasteiger partial charge in [-0.3, -0.25) is 4.79 Å². The molecule has 0 unspecified atom stereocenters. The molecule has 1 aromatic carbocycles. The maximum atomic E-state index is 12.6. The number of rotatable bonds is 3. The Morgan fingerprint density at radius 2 is 1.65 bits per heavy atom. The van der Waals surface area contributed by atoms with Crippen molar-refractivity contribution in [2.75, 3.05) is 31.5 Å². The normalized spacial score (nSPS) is 18.9. The van der Waals surface area contributed by atoms with Crippen LogP contribution in [-0.2, 0) is 4.79 Å². The predicted octanol–water partition coefficient (Wildman–Crippen LogP) is 4.07. The van der Waals surface area contributed by atoms with Gasteiger partial charge in [0.1, 0.15) is 0 Å². The van der Waals surface area contributed by atoms with Crippen LogP contribution in [0.2, 0.25) is 0 Å². The maximum Gasteiger partial charge on any atom is 0.321 e. The summed E-state index contributed by atoms with van der Waals surface area (Å²) in [6.07, 6.45) is 5.68. The van der Waals surface area contributed by atoms with Gasteiger partial charge in [-0.05, 0) is 36.5 Å². The summed E-state index contributed by atoms with van der Waals surface area (Å²) < 4.78 is 0. The highest BCUT2D eigenvalue weighted by molar-refractivity contribution is 5.89. The van der Waals surface area contributed by atoms with E-state index < -0.39 is 0 Å². The highest BCUT2D eigenvalue weighted by Gasteiger charge is 2.29. The van der Waals surface area contributed by atoms with Gasteiger partial charge in [-0.25, -0.2) is 4.79 Å². The van der Waals surface area contributed by atoms with Gasteiger partial charge in [0.05, 0.1) is 0 Å². The average molecular weight is 357 g/mol. The summed E-state index contributed by atoms with van der Waals surface area (Å²) in [5.41, 5.74) is 2.05. The molecule has 5 nitrogen and oxygen atoms in total. The number of carbonyl (C=O) groups is 2. The molecule has 5 heteroatoms. The number of hydrogen-bond donors (Lipinski definition) is 1. The standard InChI is InChI=1S/C21H31N3O2/c1-16(2)18-9-6-10-19(15-18)22-21(26)24-13-11-23(12-14-24)20(25)17-7-4-3-5-8-17/h6,9-10,15-17H,3-5,7-8,11-14H2,1-2H3,(H,22,26). The number of nitrogens with one attached hydrogen (secondary N) is 1. The van der Waals surface area contributed by atoms with Crippen LogP contribution in [0.25, 0.3) is 0 Å². The van der Waals surface area contributed by atoms with Crippen molar-refractivity contribution in [1.82, 2.24) is 9.80 Å². The number of urea groups is 1. The molecule has 142 valence electrons. The zero-order valence-electron chi connectivity index (χ0n) is 16.0. The predicted molar refractivity (Wildman–Crippen MR) is 104 cm³/mol. The van der Waals surface area contributed by atoms with Crippen LogP contribution >= 0.6 is 0 Å². The Labute approximate surface area is 156 Å². The lowest BCUT2D eigenvalue weighted by Crippen LogP contribution is -2.53. The third-order valence-electron chi connectivity index (χ3n) is 5.64. The van der Waals surface area contributed by atoms with Crippen LogP contribution in [-0.4, -0.2) is 47.9 Å². The number of hydrogen-bond acceptors (Lipinski definition) is 2. The number of benzene rings is 1. The zero-order valence-corrected chi connectivity index (χ0v) is 16.0. The second-order valence-electron chi connectivity index (χ2n) is 7.86. The molecule has 0 atom stereocenters. The number of amides is 3. The number of anilines is 1. The van der Waals surface area contributed by atoms with E-state index in [2.05, 4.69) is 25.2 Å². The van der Waals surface area contributed by atoms with Crippen LogP contribution in [0.4, 0.5) is 10.5 Å².